The van der Waals surface area contributed by atoms with E-state index in [0.29, 0.717) is 13.1 Å². The molecule has 10 nitrogen and oxygen atoms in total. The number of imide groups is 1. The molecule has 0 aliphatic heterocycles. The highest BCUT2D eigenvalue weighted by molar-refractivity contribution is 7.89. The minimum absolute atomic E-state index is 0.0539. The van der Waals surface area contributed by atoms with Crippen LogP contribution in [0.1, 0.15) is 34.6 Å². The van der Waals surface area contributed by atoms with E-state index >= 15 is 0 Å². The van der Waals surface area contributed by atoms with Crippen molar-refractivity contribution in [2.24, 2.45) is 0 Å². The van der Waals surface area contributed by atoms with Crippen molar-refractivity contribution in [3.63, 3.8) is 0 Å². The van der Waals surface area contributed by atoms with Crippen molar-refractivity contribution in [2.45, 2.75) is 18.7 Å². The minimum atomic E-state index is -3.65. The molecule has 0 bridgehead atoms. The van der Waals surface area contributed by atoms with Crippen LogP contribution in [-0.4, -0.2) is 62.7 Å². The molecule has 0 aliphatic rings. The summed E-state index contributed by atoms with van der Waals surface area (Å²) in [6.45, 7) is 2.89. The van der Waals surface area contributed by atoms with Crippen LogP contribution in [0.15, 0.2) is 59.5 Å². The first-order valence-corrected chi connectivity index (χ1v) is 11.6. The van der Waals surface area contributed by atoms with Gasteiger partial charge in [0.15, 0.2) is 6.61 Å². The minimum Gasteiger partial charge on any atom is -0.454 e. The molecule has 2 aromatic carbocycles. The van der Waals surface area contributed by atoms with Crippen LogP contribution >= 0.6 is 0 Å². The largest absolute Gasteiger partial charge is 0.454 e. The molecule has 0 saturated heterocycles. The van der Waals surface area contributed by atoms with Crippen LogP contribution in [0.2, 0.25) is 0 Å². The molecule has 11 heteroatoms. The molecular formula is C22H25N3O7S. The normalized spacial score (nSPS) is 11.0. The summed E-state index contributed by atoms with van der Waals surface area (Å²) in [6, 6.07) is 13.3. The van der Waals surface area contributed by atoms with E-state index in [1.807, 2.05) is 0 Å². The van der Waals surface area contributed by atoms with Gasteiger partial charge in [-0.2, -0.15) is 4.31 Å². The standard InChI is InChI=1S/C22H25N3O7S/c1-3-25(4-2)33(30,31)18-12-10-17(11-13-18)21(28)23-14-20(27)32-15-19(26)24-22(29)16-8-6-5-7-9-16/h5-13H,3-4,14-15H2,1-2H3,(H,23,28)(H,24,26,29). The van der Waals surface area contributed by atoms with Crippen LogP contribution in [-0.2, 0) is 24.3 Å². The zero-order valence-corrected chi connectivity index (χ0v) is 19.1. The average Bonchev–Trinajstić information content (AvgIpc) is 2.82. The molecule has 0 radical (unpaired) electrons. The zero-order chi connectivity index (χ0) is 24.4. The third-order valence-corrected chi connectivity index (χ3v) is 6.57. The zero-order valence-electron chi connectivity index (χ0n) is 18.2. The van der Waals surface area contributed by atoms with E-state index in [2.05, 4.69) is 10.6 Å². The number of nitrogens with one attached hydrogen (secondary N) is 2. The Bertz CT molecular complexity index is 1100. The SMILES string of the molecule is CCN(CC)S(=O)(=O)c1ccc(C(=O)NCC(=O)OCC(=O)NC(=O)c2ccccc2)cc1. The lowest BCUT2D eigenvalue weighted by atomic mass is 10.2. The highest BCUT2D eigenvalue weighted by Gasteiger charge is 2.22. The van der Waals surface area contributed by atoms with E-state index in [9.17, 15) is 27.6 Å². The second-order valence-electron chi connectivity index (χ2n) is 6.70. The maximum Gasteiger partial charge on any atom is 0.325 e. The number of rotatable bonds is 10. The van der Waals surface area contributed by atoms with Crippen molar-refractivity contribution >= 4 is 33.7 Å². The first-order valence-electron chi connectivity index (χ1n) is 10.1. The molecule has 0 aromatic heterocycles. The molecule has 2 aromatic rings. The highest BCUT2D eigenvalue weighted by atomic mass is 32.2. The summed E-state index contributed by atoms with van der Waals surface area (Å²) in [5.41, 5.74) is 0.424. The second-order valence-corrected chi connectivity index (χ2v) is 8.64. The van der Waals surface area contributed by atoms with Crippen LogP contribution in [0.25, 0.3) is 0 Å². The predicted molar refractivity (Wildman–Crippen MR) is 119 cm³/mol. The van der Waals surface area contributed by atoms with Crippen LogP contribution in [0.4, 0.5) is 0 Å². The predicted octanol–water partition coefficient (Wildman–Crippen LogP) is 0.947. The van der Waals surface area contributed by atoms with Gasteiger partial charge < -0.3 is 10.1 Å². The van der Waals surface area contributed by atoms with Gasteiger partial charge in [0.25, 0.3) is 17.7 Å². The summed E-state index contributed by atoms with van der Waals surface area (Å²) in [7, 11) is -3.65. The molecular weight excluding hydrogens is 450 g/mol. The fraction of sp³-hybridized carbons (Fsp3) is 0.273. The highest BCUT2D eigenvalue weighted by Crippen LogP contribution is 2.16. The summed E-state index contributed by atoms with van der Waals surface area (Å²) < 4.78 is 31.0. The van der Waals surface area contributed by atoms with E-state index in [-0.39, 0.29) is 16.0 Å². The molecule has 0 heterocycles. The second kappa shape index (κ2) is 11.9. The molecule has 0 fully saturated rings. The molecule has 0 spiro atoms. The fourth-order valence-corrected chi connectivity index (χ4v) is 4.22. The molecule has 2 rings (SSSR count). The molecule has 0 atom stereocenters. The Morgan fingerprint density at radius 1 is 0.848 bits per heavy atom. The van der Waals surface area contributed by atoms with Crippen molar-refractivity contribution in [3.8, 4) is 0 Å². The van der Waals surface area contributed by atoms with E-state index in [0.717, 1.165) is 0 Å². The lowest BCUT2D eigenvalue weighted by molar-refractivity contribution is -0.147. The lowest BCUT2D eigenvalue weighted by Gasteiger charge is -2.18. The van der Waals surface area contributed by atoms with Crippen LogP contribution < -0.4 is 10.6 Å². The van der Waals surface area contributed by atoms with Crippen molar-refractivity contribution in [3.05, 3.63) is 65.7 Å². The van der Waals surface area contributed by atoms with Crippen molar-refractivity contribution < 1.29 is 32.3 Å². The number of ether oxygens (including phenoxy) is 1. The molecule has 0 unspecified atom stereocenters. The molecule has 33 heavy (non-hydrogen) atoms. The average molecular weight is 476 g/mol. The number of benzene rings is 2. The number of carbonyl (C=O) groups excluding carboxylic acids is 4. The van der Waals surface area contributed by atoms with E-state index in [4.69, 9.17) is 4.74 Å². The summed E-state index contributed by atoms with van der Waals surface area (Å²) >= 11 is 0. The van der Waals surface area contributed by atoms with Gasteiger partial charge in [-0.05, 0) is 36.4 Å². The topological polar surface area (TPSA) is 139 Å². The number of esters is 1. The summed E-state index contributed by atoms with van der Waals surface area (Å²) in [6.07, 6.45) is 0. The number of nitrogens with zero attached hydrogens (tertiary/aromatic N) is 1. The van der Waals surface area contributed by atoms with Gasteiger partial charge in [0.2, 0.25) is 10.0 Å². The fourth-order valence-electron chi connectivity index (χ4n) is 2.77. The smallest absolute Gasteiger partial charge is 0.325 e. The first kappa shape index (κ1) is 25.7. The maximum atomic E-state index is 12.5. The van der Waals surface area contributed by atoms with E-state index in [1.165, 1.54) is 40.7 Å². The van der Waals surface area contributed by atoms with Crippen LogP contribution in [0, 0.1) is 0 Å². The third-order valence-electron chi connectivity index (χ3n) is 4.51. The van der Waals surface area contributed by atoms with Gasteiger partial charge in [-0.25, -0.2) is 8.42 Å². The number of hydrogen-bond acceptors (Lipinski definition) is 7. The molecule has 176 valence electrons. The molecule has 2 N–H and O–H groups in total. The lowest BCUT2D eigenvalue weighted by Crippen LogP contribution is -2.36. The van der Waals surface area contributed by atoms with Crippen molar-refractivity contribution in [1.29, 1.82) is 0 Å². The monoisotopic (exact) mass is 475 g/mol. The van der Waals surface area contributed by atoms with Gasteiger partial charge in [0.05, 0.1) is 4.90 Å². The van der Waals surface area contributed by atoms with Gasteiger partial charge in [-0.3, -0.25) is 24.5 Å². The first-order chi connectivity index (χ1) is 15.7. The molecule has 0 aliphatic carbocycles. The van der Waals surface area contributed by atoms with Gasteiger partial charge in [0, 0.05) is 24.2 Å². The number of amides is 3. The van der Waals surface area contributed by atoms with Crippen molar-refractivity contribution in [1.82, 2.24) is 14.9 Å². The Morgan fingerprint density at radius 2 is 1.42 bits per heavy atom. The summed E-state index contributed by atoms with van der Waals surface area (Å²) in [5.74, 6) is -2.95. The Balaban J connectivity index is 1.81. The van der Waals surface area contributed by atoms with Crippen LogP contribution in [0.5, 0.6) is 0 Å². The maximum absolute atomic E-state index is 12.5. The number of sulfonamides is 1. The summed E-state index contributed by atoms with van der Waals surface area (Å²) in [4.78, 5) is 47.6. The van der Waals surface area contributed by atoms with E-state index < -0.39 is 46.9 Å². The quantitative estimate of drug-likeness (QED) is 0.488. The Kier molecular flexibility index (Phi) is 9.25. The molecule has 0 saturated carbocycles. The summed E-state index contributed by atoms with van der Waals surface area (Å²) in [5, 5.41) is 4.40. The third kappa shape index (κ3) is 7.22. The number of carbonyl (C=O) groups is 4. The van der Waals surface area contributed by atoms with Gasteiger partial charge >= 0.3 is 5.97 Å². The molecule has 3 amide bonds. The van der Waals surface area contributed by atoms with Gasteiger partial charge in [-0.15, -0.1) is 0 Å². The van der Waals surface area contributed by atoms with E-state index in [1.54, 1.807) is 32.0 Å². The van der Waals surface area contributed by atoms with Gasteiger partial charge in [0.1, 0.15) is 6.54 Å². The Morgan fingerprint density at radius 3 is 2.00 bits per heavy atom. The van der Waals surface area contributed by atoms with Crippen LogP contribution in [0.3, 0.4) is 0 Å². The van der Waals surface area contributed by atoms with Crippen molar-refractivity contribution in [2.75, 3.05) is 26.2 Å². The Hall–Kier alpha value is -3.57. The number of hydrogen-bond donors (Lipinski definition) is 2. The van der Waals surface area contributed by atoms with Gasteiger partial charge in [-0.1, -0.05) is 32.0 Å². The Labute approximate surface area is 192 Å².